The Balaban J connectivity index is 1.28. The van der Waals surface area contributed by atoms with E-state index >= 15 is 0 Å². The monoisotopic (exact) mass is 291 g/mol. The molecular formula is C21H25N. The molecule has 1 atom stereocenters. The van der Waals surface area contributed by atoms with Crippen molar-refractivity contribution in [3.8, 4) is 0 Å². The van der Waals surface area contributed by atoms with Gasteiger partial charge in [-0.25, -0.2) is 0 Å². The summed E-state index contributed by atoms with van der Waals surface area (Å²) >= 11 is 0. The van der Waals surface area contributed by atoms with Crippen LogP contribution in [0.1, 0.15) is 44.2 Å². The van der Waals surface area contributed by atoms with Crippen molar-refractivity contribution in [2.75, 3.05) is 0 Å². The molecule has 0 N–H and O–H groups in total. The Hall–Kier alpha value is -1.63. The standard InChI is InChI=1S/C21H25N/c1-15-18(12-16-13-19(15)14-16)7-2-4-8-20-11-10-17-6-3-5-9-21(17)22-20/h3,5-6,9-11,16,18-19H,1-2,4,7-8,12-14H2. The van der Waals surface area contributed by atoms with Crippen LogP contribution in [0.4, 0.5) is 0 Å². The molecule has 1 aromatic carbocycles. The van der Waals surface area contributed by atoms with E-state index in [1.54, 1.807) is 5.57 Å². The minimum atomic E-state index is 0.821. The van der Waals surface area contributed by atoms with Crippen molar-refractivity contribution in [3.63, 3.8) is 0 Å². The van der Waals surface area contributed by atoms with Gasteiger partial charge in [0.1, 0.15) is 0 Å². The molecule has 3 aliphatic carbocycles. The van der Waals surface area contributed by atoms with Crippen molar-refractivity contribution in [1.82, 2.24) is 4.98 Å². The molecular weight excluding hydrogens is 266 g/mol. The molecule has 0 spiro atoms. The van der Waals surface area contributed by atoms with E-state index in [0.717, 1.165) is 29.7 Å². The summed E-state index contributed by atoms with van der Waals surface area (Å²) in [6.45, 7) is 4.37. The predicted octanol–water partition coefficient (Wildman–Crippen LogP) is 5.55. The molecule has 1 heterocycles. The Morgan fingerprint density at radius 1 is 1.00 bits per heavy atom. The SMILES string of the molecule is C=C1C(CCCCc2ccc3ccccc3n2)CC2CC1C2. The second-order valence-electron chi connectivity index (χ2n) is 7.28. The summed E-state index contributed by atoms with van der Waals surface area (Å²) in [6.07, 6.45) is 9.33. The van der Waals surface area contributed by atoms with Gasteiger partial charge in [0.05, 0.1) is 5.52 Å². The number of allylic oxidation sites excluding steroid dienone is 1. The molecule has 5 rings (SSSR count). The van der Waals surface area contributed by atoms with Gasteiger partial charge in [-0.05, 0) is 68.4 Å². The number of fused-ring (bicyclic) bond motifs is 3. The summed E-state index contributed by atoms with van der Waals surface area (Å²) in [6, 6.07) is 12.8. The molecule has 0 amide bonds. The highest BCUT2D eigenvalue weighted by molar-refractivity contribution is 5.78. The van der Waals surface area contributed by atoms with Crippen LogP contribution in [0.2, 0.25) is 0 Å². The maximum atomic E-state index is 4.78. The molecule has 3 fully saturated rings. The van der Waals surface area contributed by atoms with E-state index in [2.05, 4.69) is 43.0 Å². The van der Waals surface area contributed by atoms with Crippen molar-refractivity contribution < 1.29 is 0 Å². The minimum Gasteiger partial charge on any atom is -0.253 e. The molecule has 0 saturated heterocycles. The summed E-state index contributed by atoms with van der Waals surface area (Å²) in [7, 11) is 0. The van der Waals surface area contributed by atoms with Crippen LogP contribution in [-0.2, 0) is 6.42 Å². The lowest BCUT2D eigenvalue weighted by Gasteiger charge is -2.47. The smallest absolute Gasteiger partial charge is 0.0705 e. The number of aryl methyl sites for hydroxylation is 1. The zero-order valence-electron chi connectivity index (χ0n) is 13.3. The van der Waals surface area contributed by atoms with E-state index in [1.807, 2.05) is 0 Å². The predicted molar refractivity (Wildman–Crippen MR) is 92.8 cm³/mol. The first-order chi connectivity index (χ1) is 10.8. The number of unbranched alkanes of at least 4 members (excludes halogenated alkanes) is 1. The number of aromatic nitrogens is 1. The van der Waals surface area contributed by atoms with Gasteiger partial charge in [0.2, 0.25) is 0 Å². The number of para-hydroxylation sites is 1. The molecule has 2 bridgehead atoms. The van der Waals surface area contributed by atoms with E-state index in [-0.39, 0.29) is 0 Å². The molecule has 1 aromatic heterocycles. The van der Waals surface area contributed by atoms with Gasteiger partial charge in [-0.1, -0.05) is 42.8 Å². The summed E-state index contributed by atoms with van der Waals surface area (Å²) in [5, 5.41) is 1.24. The van der Waals surface area contributed by atoms with Gasteiger partial charge in [0, 0.05) is 11.1 Å². The highest BCUT2D eigenvalue weighted by Gasteiger charge is 2.40. The van der Waals surface area contributed by atoms with Crippen LogP contribution < -0.4 is 0 Å². The molecule has 1 heteroatoms. The van der Waals surface area contributed by atoms with E-state index in [4.69, 9.17) is 4.98 Å². The zero-order valence-corrected chi connectivity index (χ0v) is 13.3. The number of benzene rings is 1. The number of rotatable bonds is 5. The zero-order chi connectivity index (χ0) is 14.9. The van der Waals surface area contributed by atoms with Crippen LogP contribution in [0, 0.1) is 17.8 Å². The average molecular weight is 291 g/mol. The number of hydrogen-bond acceptors (Lipinski definition) is 1. The molecule has 1 nitrogen and oxygen atoms in total. The maximum Gasteiger partial charge on any atom is 0.0705 e. The number of hydrogen-bond donors (Lipinski definition) is 0. The van der Waals surface area contributed by atoms with Crippen LogP contribution >= 0.6 is 0 Å². The normalized spacial score (nSPS) is 26.9. The van der Waals surface area contributed by atoms with E-state index in [0.29, 0.717) is 0 Å². The summed E-state index contributed by atoms with van der Waals surface area (Å²) in [5.74, 6) is 2.73. The van der Waals surface area contributed by atoms with Gasteiger partial charge in [-0.2, -0.15) is 0 Å². The Morgan fingerprint density at radius 2 is 1.86 bits per heavy atom. The quantitative estimate of drug-likeness (QED) is 0.520. The van der Waals surface area contributed by atoms with Gasteiger partial charge in [0.25, 0.3) is 0 Å². The highest BCUT2D eigenvalue weighted by Crippen LogP contribution is 2.51. The molecule has 1 unspecified atom stereocenters. The Morgan fingerprint density at radius 3 is 2.73 bits per heavy atom. The largest absolute Gasteiger partial charge is 0.253 e. The first-order valence-corrected chi connectivity index (χ1v) is 8.83. The summed E-state index contributed by atoms with van der Waals surface area (Å²) in [5.41, 5.74) is 3.94. The van der Waals surface area contributed by atoms with Crippen molar-refractivity contribution in [2.45, 2.75) is 44.9 Å². The number of pyridine rings is 1. The summed E-state index contributed by atoms with van der Waals surface area (Å²) < 4.78 is 0. The lowest BCUT2D eigenvalue weighted by Crippen LogP contribution is -2.35. The van der Waals surface area contributed by atoms with E-state index < -0.39 is 0 Å². The van der Waals surface area contributed by atoms with Gasteiger partial charge >= 0.3 is 0 Å². The van der Waals surface area contributed by atoms with Gasteiger partial charge in [0.15, 0.2) is 0 Å². The second-order valence-corrected chi connectivity index (χ2v) is 7.28. The van der Waals surface area contributed by atoms with Crippen LogP contribution in [0.25, 0.3) is 10.9 Å². The van der Waals surface area contributed by atoms with Crippen molar-refractivity contribution in [2.24, 2.45) is 17.8 Å². The molecule has 3 saturated carbocycles. The third-order valence-corrected chi connectivity index (χ3v) is 5.79. The maximum absolute atomic E-state index is 4.78. The van der Waals surface area contributed by atoms with Gasteiger partial charge in [-0.3, -0.25) is 4.98 Å². The fourth-order valence-corrected chi connectivity index (χ4v) is 4.37. The Kier molecular flexibility index (Phi) is 3.73. The molecule has 0 radical (unpaired) electrons. The van der Waals surface area contributed by atoms with Crippen LogP contribution in [-0.4, -0.2) is 4.98 Å². The average Bonchev–Trinajstić information content (AvgIpc) is 2.51. The lowest BCUT2D eigenvalue weighted by molar-refractivity contribution is 0.126. The van der Waals surface area contributed by atoms with Crippen LogP contribution in [0.5, 0.6) is 0 Å². The molecule has 22 heavy (non-hydrogen) atoms. The first-order valence-electron chi connectivity index (χ1n) is 8.83. The molecule has 114 valence electrons. The molecule has 0 aliphatic heterocycles. The fraction of sp³-hybridized carbons (Fsp3) is 0.476. The second kappa shape index (κ2) is 5.87. The van der Waals surface area contributed by atoms with Crippen molar-refractivity contribution in [1.29, 1.82) is 0 Å². The third kappa shape index (κ3) is 2.69. The van der Waals surface area contributed by atoms with Gasteiger partial charge < -0.3 is 0 Å². The third-order valence-electron chi connectivity index (χ3n) is 5.79. The van der Waals surface area contributed by atoms with E-state index in [1.165, 1.54) is 49.6 Å². The first kappa shape index (κ1) is 14.0. The Labute approximate surface area is 133 Å². The number of nitrogens with zero attached hydrogens (tertiary/aromatic N) is 1. The molecule has 3 aliphatic rings. The van der Waals surface area contributed by atoms with Crippen molar-refractivity contribution in [3.05, 3.63) is 54.2 Å². The Bertz CT molecular complexity index is 681. The lowest BCUT2D eigenvalue weighted by atomic mass is 9.58. The van der Waals surface area contributed by atoms with E-state index in [9.17, 15) is 0 Å². The summed E-state index contributed by atoms with van der Waals surface area (Å²) in [4.78, 5) is 4.78. The highest BCUT2D eigenvalue weighted by atomic mass is 14.7. The van der Waals surface area contributed by atoms with Crippen LogP contribution in [0.3, 0.4) is 0 Å². The minimum absolute atomic E-state index is 0.821. The fourth-order valence-electron chi connectivity index (χ4n) is 4.37. The van der Waals surface area contributed by atoms with Gasteiger partial charge in [-0.15, -0.1) is 0 Å². The molecule has 2 aromatic rings. The van der Waals surface area contributed by atoms with Crippen LogP contribution in [0.15, 0.2) is 48.6 Å². The van der Waals surface area contributed by atoms with Crippen molar-refractivity contribution >= 4 is 10.9 Å². The topological polar surface area (TPSA) is 12.9 Å².